The topological polar surface area (TPSA) is 49.0 Å². The Morgan fingerprint density at radius 3 is 2.74 bits per heavy atom. The van der Waals surface area contributed by atoms with E-state index in [0.717, 1.165) is 49.6 Å². The fraction of sp³-hybridized carbons (Fsp3) is 0.444. The Balaban J connectivity index is 1.73. The Morgan fingerprint density at radius 1 is 1.30 bits per heavy atom. The van der Waals surface area contributed by atoms with Gasteiger partial charge in [0.15, 0.2) is 0 Å². The van der Waals surface area contributed by atoms with Gasteiger partial charge < -0.3 is 4.98 Å². The molecule has 2 aromatic rings. The van der Waals surface area contributed by atoms with Crippen molar-refractivity contribution in [1.29, 1.82) is 0 Å². The third-order valence-corrected chi connectivity index (χ3v) is 4.62. The minimum absolute atomic E-state index is 0.0387. The van der Waals surface area contributed by atoms with Gasteiger partial charge >= 0.3 is 0 Å². The number of nitrogens with zero attached hydrogens (tertiary/aromatic N) is 2. The molecule has 0 aliphatic carbocycles. The first-order valence-electron chi connectivity index (χ1n) is 8.07. The van der Waals surface area contributed by atoms with E-state index in [2.05, 4.69) is 14.9 Å². The fourth-order valence-corrected chi connectivity index (χ4v) is 3.13. The first-order valence-corrected chi connectivity index (χ1v) is 8.07. The number of rotatable bonds is 3. The van der Waals surface area contributed by atoms with Crippen molar-refractivity contribution in [3.05, 3.63) is 63.1 Å². The summed E-state index contributed by atoms with van der Waals surface area (Å²) in [6.45, 7) is 6.36. The number of likely N-dealkylation sites (tertiary alicyclic amines) is 1. The van der Waals surface area contributed by atoms with Crippen LogP contribution in [0, 0.1) is 19.7 Å². The van der Waals surface area contributed by atoms with Gasteiger partial charge in [-0.05, 0) is 50.9 Å². The van der Waals surface area contributed by atoms with Crippen molar-refractivity contribution in [1.82, 2.24) is 14.9 Å². The molecule has 1 fully saturated rings. The van der Waals surface area contributed by atoms with Gasteiger partial charge in [0.2, 0.25) is 0 Å². The van der Waals surface area contributed by atoms with Crippen LogP contribution in [0.5, 0.6) is 0 Å². The van der Waals surface area contributed by atoms with Gasteiger partial charge in [0, 0.05) is 30.3 Å². The first-order chi connectivity index (χ1) is 11.0. The number of benzene rings is 1. The van der Waals surface area contributed by atoms with Crippen molar-refractivity contribution >= 4 is 0 Å². The predicted molar refractivity (Wildman–Crippen MR) is 88.0 cm³/mol. The number of nitrogens with one attached hydrogen (secondary N) is 1. The number of aromatic nitrogens is 2. The number of H-pyrrole nitrogens is 1. The molecule has 1 aliphatic heterocycles. The summed E-state index contributed by atoms with van der Waals surface area (Å²) >= 11 is 0. The zero-order chi connectivity index (χ0) is 16.4. The summed E-state index contributed by atoms with van der Waals surface area (Å²) < 4.78 is 13.0. The van der Waals surface area contributed by atoms with Gasteiger partial charge in [0.25, 0.3) is 5.56 Å². The Morgan fingerprint density at radius 2 is 2.04 bits per heavy atom. The molecule has 1 saturated heterocycles. The normalized spacial score (nSPS) is 19.0. The lowest BCUT2D eigenvalue weighted by molar-refractivity contribution is 0.196. The average Bonchev–Trinajstić information content (AvgIpc) is 2.54. The maximum absolute atomic E-state index is 13.0. The fourth-order valence-electron chi connectivity index (χ4n) is 3.13. The van der Waals surface area contributed by atoms with E-state index < -0.39 is 0 Å². The van der Waals surface area contributed by atoms with Gasteiger partial charge in [0.05, 0.1) is 0 Å². The Labute approximate surface area is 135 Å². The van der Waals surface area contributed by atoms with Crippen molar-refractivity contribution in [3.63, 3.8) is 0 Å². The van der Waals surface area contributed by atoms with E-state index in [1.807, 2.05) is 19.1 Å². The highest BCUT2D eigenvalue weighted by Gasteiger charge is 2.23. The van der Waals surface area contributed by atoms with Crippen LogP contribution < -0.4 is 5.56 Å². The lowest BCUT2D eigenvalue weighted by Crippen LogP contribution is -2.35. The Hall–Kier alpha value is -2.01. The molecule has 1 aliphatic rings. The zero-order valence-electron chi connectivity index (χ0n) is 13.6. The van der Waals surface area contributed by atoms with Crippen LogP contribution in [0.4, 0.5) is 4.39 Å². The smallest absolute Gasteiger partial charge is 0.254 e. The third kappa shape index (κ3) is 3.67. The predicted octanol–water partition coefficient (Wildman–Crippen LogP) is 2.91. The average molecular weight is 315 g/mol. The van der Waals surface area contributed by atoms with Crippen LogP contribution in [0.3, 0.4) is 0 Å². The summed E-state index contributed by atoms with van der Waals surface area (Å²) in [6, 6.07) is 6.66. The summed E-state index contributed by atoms with van der Waals surface area (Å²) in [5.74, 6) is 0.834. The van der Waals surface area contributed by atoms with Gasteiger partial charge in [-0.1, -0.05) is 12.1 Å². The van der Waals surface area contributed by atoms with E-state index in [-0.39, 0.29) is 17.3 Å². The number of halogens is 1. The standard InChI is InChI=1S/C18H22FN3O/c1-12-13(2)20-17(21-18(12)23)15-4-3-9-22(11-15)10-14-5-7-16(19)8-6-14/h5-8,15H,3-4,9-11H2,1-2H3,(H,20,21,23). The maximum Gasteiger partial charge on any atom is 0.254 e. The quantitative estimate of drug-likeness (QED) is 0.947. The van der Waals surface area contributed by atoms with Gasteiger partial charge in [-0.3, -0.25) is 9.69 Å². The van der Waals surface area contributed by atoms with Crippen LogP contribution >= 0.6 is 0 Å². The van der Waals surface area contributed by atoms with E-state index >= 15 is 0 Å². The molecule has 4 nitrogen and oxygen atoms in total. The second-order valence-corrected chi connectivity index (χ2v) is 6.36. The second kappa shape index (κ2) is 6.62. The third-order valence-electron chi connectivity index (χ3n) is 4.62. The molecular formula is C18H22FN3O. The highest BCUT2D eigenvalue weighted by Crippen LogP contribution is 2.25. The zero-order valence-corrected chi connectivity index (χ0v) is 13.6. The van der Waals surface area contributed by atoms with Gasteiger partial charge in [-0.2, -0.15) is 0 Å². The summed E-state index contributed by atoms with van der Waals surface area (Å²) in [4.78, 5) is 21.8. The van der Waals surface area contributed by atoms with E-state index in [4.69, 9.17) is 0 Å². The maximum atomic E-state index is 13.0. The largest absolute Gasteiger partial charge is 0.310 e. The van der Waals surface area contributed by atoms with Gasteiger partial charge in [0.1, 0.15) is 11.6 Å². The summed E-state index contributed by atoms with van der Waals surface area (Å²) in [5, 5.41) is 0. The number of piperidine rings is 1. The molecule has 2 heterocycles. The highest BCUT2D eigenvalue weighted by molar-refractivity contribution is 5.17. The number of aryl methyl sites for hydroxylation is 1. The molecule has 0 bridgehead atoms. The SMILES string of the molecule is Cc1nc(C2CCCN(Cc3ccc(F)cc3)C2)[nH]c(=O)c1C. The Bertz CT molecular complexity index is 739. The number of hydrogen-bond donors (Lipinski definition) is 1. The minimum Gasteiger partial charge on any atom is -0.310 e. The van der Waals surface area contributed by atoms with Crippen LogP contribution in [-0.2, 0) is 6.54 Å². The molecule has 1 aromatic heterocycles. The van der Waals surface area contributed by atoms with Crippen molar-refractivity contribution in [3.8, 4) is 0 Å². The highest BCUT2D eigenvalue weighted by atomic mass is 19.1. The van der Waals surface area contributed by atoms with E-state index in [1.165, 1.54) is 12.1 Å². The molecule has 0 amide bonds. The monoisotopic (exact) mass is 315 g/mol. The molecule has 0 radical (unpaired) electrons. The molecule has 1 atom stereocenters. The van der Waals surface area contributed by atoms with Crippen LogP contribution in [0.1, 0.15) is 41.4 Å². The molecule has 0 spiro atoms. The van der Waals surface area contributed by atoms with E-state index in [1.54, 1.807) is 6.92 Å². The first kappa shape index (κ1) is 15.9. The number of hydrogen-bond acceptors (Lipinski definition) is 3. The van der Waals surface area contributed by atoms with E-state index in [9.17, 15) is 9.18 Å². The molecule has 3 rings (SSSR count). The van der Waals surface area contributed by atoms with Crippen LogP contribution in [0.2, 0.25) is 0 Å². The molecule has 1 unspecified atom stereocenters. The molecule has 1 aromatic carbocycles. The molecule has 0 saturated carbocycles. The summed E-state index contributed by atoms with van der Waals surface area (Å²) in [7, 11) is 0. The number of aromatic amines is 1. The minimum atomic E-state index is -0.206. The lowest BCUT2D eigenvalue weighted by Gasteiger charge is -2.32. The van der Waals surface area contributed by atoms with Crippen LogP contribution in [0.15, 0.2) is 29.1 Å². The van der Waals surface area contributed by atoms with Gasteiger partial charge in [-0.15, -0.1) is 0 Å². The lowest BCUT2D eigenvalue weighted by atomic mass is 9.96. The second-order valence-electron chi connectivity index (χ2n) is 6.36. The van der Waals surface area contributed by atoms with Crippen LogP contribution in [0.25, 0.3) is 0 Å². The molecule has 5 heteroatoms. The Kier molecular flexibility index (Phi) is 4.57. The van der Waals surface area contributed by atoms with Crippen molar-refractivity contribution in [2.75, 3.05) is 13.1 Å². The van der Waals surface area contributed by atoms with Crippen LogP contribution in [-0.4, -0.2) is 28.0 Å². The summed E-state index contributed by atoms with van der Waals surface area (Å²) in [6.07, 6.45) is 2.11. The molecular weight excluding hydrogens is 293 g/mol. The summed E-state index contributed by atoms with van der Waals surface area (Å²) in [5.41, 5.74) is 2.56. The van der Waals surface area contributed by atoms with Crippen molar-refractivity contribution in [2.45, 2.75) is 39.2 Å². The van der Waals surface area contributed by atoms with Crippen molar-refractivity contribution < 1.29 is 4.39 Å². The van der Waals surface area contributed by atoms with E-state index in [0.29, 0.717) is 5.56 Å². The van der Waals surface area contributed by atoms with Crippen molar-refractivity contribution in [2.24, 2.45) is 0 Å². The molecule has 23 heavy (non-hydrogen) atoms. The van der Waals surface area contributed by atoms with Gasteiger partial charge in [-0.25, -0.2) is 9.37 Å². The molecule has 1 N–H and O–H groups in total. The molecule has 122 valence electrons.